The van der Waals surface area contributed by atoms with Gasteiger partial charge in [0.15, 0.2) is 9.84 Å². The van der Waals surface area contributed by atoms with Gasteiger partial charge in [-0.3, -0.25) is 0 Å². The van der Waals surface area contributed by atoms with Crippen LogP contribution in [0.3, 0.4) is 0 Å². The molecule has 0 bridgehead atoms. The van der Waals surface area contributed by atoms with Gasteiger partial charge in [0.25, 0.3) is 0 Å². The van der Waals surface area contributed by atoms with Crippen LogP contribution in [0.4, 0.5) is 5.69 Å². The fourth-order valence-electron chi connectivity index (χ4n) is 1.77. The molecular weight excluding hydrogens is 288 g/mol. The molecule has 0 aliphatic heterocycles. The van der Waals surface area contributed by atoms with E-state index in [2.05, 4.69) is 0 Å². The maximum Gasteiger partial charge on any atom is 0.175 e. The minimum atomic E-state index is -3.22. The Bertz CT molecular complexity index is 791. The third kappa shape index (κ3) is 3.74. The summed E-state index contributed by atoms with van der Waals surface area (Å²) < 4.78 is 28.4. The van der Waals surface area contributed by atoms with Gasteiger partial charge in [-0.15, -0.1) is 0 Å². The Morgan fingerprint density at radius 3 is 2.33 bits per heavy atom. The van der Waals surface area contributed by atoms with Crippen molar-refractivity contribution >= 4 is 15.5 Å². The van der Waals surface area contributed by atoms with Crippen molar-refractivity contribution in [2.45, 2.75) is 11.3 Å². The van der Waals surface area contributed by atoms with E-state index in [0.717, 1.165) is 6.26 Å². The first kappa shape index (κ1) is 14.9. The Morgan fingerprint density at radius 1 is 1.14 bits per heavy atom. The first-order chi connectivity index (χ1) is 9.90. The Hall–Kier alpha value is -2.52. The van der Waals surface area contributed by atoms with Crippen molar-refractivity contribution in [2.24, 2.45) is 0 Å². The average molecular weight is 302 g/mol. The SMILES string of the molecule is CS(=O)(=O)c1ccc(Oc2ccc(N)c(CC#N)c2)cc1. The topological polar surface area (TPSA) is 93.2 Å². The van der Waals surface area contributed by atoms with Crippen molar-refractivity contribution < 1.29 is 13.2 Å². The molecule has 0 fully saturated rings. The second kappa shape index (κ2) is 5.85. The molecule has 2 rings (SSSR count). The highest BCUT2D eigenvalue weighted by atomic mass is 32.2. The molecule has 108 valence electrons. The molecule has 5 nitrogen and oxygen atoms in total. The number of ether oxygens (including phenoxy) is 1. The molecule has 0 saturated carbocycles. The maximum absolute atomic E-state index is 11.4. The third-order valence-electron chi connectivity index (χ3n) is 2.87. The number of anilines is 1. The van der Waals surface area contributed by atoms with Gasteiger partial charge < -0.3 is 10.5 Å². The molecule has 21 heavy (non-hydrogen) atoms. The predicted octanol–water partition coefficient (Wildman–Crippen LogP) is 2.53. The number of benzene rings is 2. The van der Waals surface area contributed by atoms with Gasteiger partial charge in [0.05, 0.1) is 17.4 Å². The molecule has 2 aromatic carbocycles. The van der Waals surface area contributed by atoms with E-state index in [9.17, 15) is 8.42 Å². The van der Waals surface area contributed by atoms with Crippen molar-refractivity contribution in [3.8, 4) is 17.6 Å². The molecule has 0 saturated heterocycles. The summed E-state index contributed by atoms with van der Waals surface area (Å²) in [5.74, 6) is 1.05. The molecule has 0 aliphatic carbocycles. The summed E-state index contributed by atoms with van der Waals surface area (Å²) in [6.07, 6.45) is 1.35. The molecule has 0 aliphatic rings. The van der Waals surface area contributed by atoms with Crippen LogP contribution >= 0.6 is 0 Å². The van der Waals surface area contributed by atoms with Gasteiger partial charge in [-0.05, 0) is 48.0 Å². The summed E-state index contributed by atoms with van der Waals surface area (Å²) >= 11 is 0. The maximum atomic E-state index is 11.4. The van der Waals surface area contributed by atoms with E-state index in [4.69, 9.17) is 15.7 Å². The Balaban J connectivity index is 2.23. The summed E-state index contributed by atoms with van der Waals surface area (Å²) in [5, 5.41) is 8.73. The first-order valence-electron chi connectivity index (χ1n) is 6.13. The quantitative estimate of drug-likeness (QED) is 0.876. The van der Waals surface area contributed by atoms with Crippen LogP contribution in [0.5, 0.6) is 11.5 Å². The summed E-state index contributed by atoms with van der Waals surface area (Å²) in [4.78, 5) is 0.234. The number of hydrogen-bond donors (Lipinski definition) is 1. The van der Waals surface area contributed by atoms with E-state index in [1.807, 2.05) is 6.07 Å². The number of nitrogens with two attached hydrogens (primary N) is 1. The Morgan fingerprint density at radius 2 is 1.76 bits per heavy atom. The first-order valence-corrected chi connectivity index (χ1v) is 8.02. The van der Waals surface area contributed by atoms with Gasteiger partial charge in [-0.2, -0.15) is 5.26 Å². The van der Waals surface area contributed by atoms with Gasteiger partial charge >= 0.3 is 0 Å². The minimum Gasteiger partial charge on any atom is -0.457 e. The van der Waals surface area contributed by atoms with Crippen LogP contribution in [0.1, 0.15) is 5.56 Å². The standard InChI is InChI=1S/C15H14N2O3S/c1-21(18,19)14-5-2-12(3-6-14)20-13-4-7-15(17)11(10-13)8-9-16/h2-7,10H,8,17H2,1H3. The fourth-order valence-corrected chi connectivity index (χ4v) is 2.41. The third-order valence-corrected chi connectivity index (χ3v) is 4.00. The molecule has 0 radical (unpaired) electrons. The van der Waals surface area contributed by atoms with E-state index in [-0.39, 0.29) is 11.3 Å². The van der Waals surface area contributed by atoms with E-state index in [1.54, 1.807) is 30.3 Å². The smallest absolute Gasteiger partial charge is 0.175 e. The van der Waals surface area contributed by atoms with Crippen molar-refractivity contribution in [3.05, 3.63) is 48.0 Å². The number of hydrogen-bond acceptors (Lipinski definition) is 5. The van der Waals surface area contributed by atoms with Crippen LogP contribution in [0.15, 0.2) is 47.4 Å². The number of nitrogens with zero attached hydrogens (tertiary/aromatic N) is 1. The molecule has 2 aromatic rings. The monoisotopic (exact) mass is 302 g/mol. The van der Waals surface area contributed by atoms with Crippen LogP contribution < -0.4 is 10.5 Å². The van der Waals surface area contributed by atoms with Gasteiger partial charge in [0, 0.05) is 11.9 Å². The van der Waals surface area contributed by atoms with Crippen molar-refractivity contribution in [3.63, 3.8) is 0 Å². The lowest BCUT2D eigenvalue weighted by Gasteiger charge is -2.09. The number of nitrogen functional groups attached to an aromatic ring is 1. The van der Waals surface area contributed by atoms with E-state index >= 15 is 0 Å². The van der Waals surface area contributed by atoms with Gasteiger partial charge in [0.1, 0.15) is 11.5 Å². The second-order valence-corrected chi connectivity index (χ2v) is 6.56. The number of rotatable bonds is 4. The summed E-state index contributed by atoms with van der Waals surface area (Å²) in [5.41, 5.74) is 7.00. The summed E-state index contributed by atoms with van der Waals surface area (Å²) in [7, 11) is -3.22. The molecule has 0 amide bonds. The van der Waals surface area contributed by atoms with Crippen LogP contribution in [-0.2, 0) is 16.3 Å². The van der Waals surface area contributed by atoms with Crippen LogP contribution in [-0.4, -0.2) is 14.7 Å². The lowest BCUT2D eigenvalue weighted by atomic mass is 10.1. The van der Waals surface area contributed by atoms with Crippen molar-refractivity contribution in [2.75, 3.05) is 12.0 Å². The molecule has 0 unspecified atom stereocenters. The Kier molecular flexibility index (Phi) is 4.15. The molecule has 0 spiro atoms. The fraction of sp³-hybridized carbons (Fsp3) is 0.133. The minimum absolute atomic E-state index is 0.204. The molecule has 2 N–H and O–H groups in total. The van der Waals surface area contributed by atoms with E-state index in [1.165, 1.54) is 12.1 Å². The lowest BCUT2D eigenvalue weighted by Crippen LogP contribution is -1.97. The molecular formula is C15H14N2O3S. The molecule has 6 heteroatoms. The number of nitriles is 1. The lowest BCUT2D eigenvalue weighted by molar-refractivity contribution is 0.481. The zero-order chi connectivity index (χ0) is 15.5. The number of sulfone groups is 1. The predicted molar refractivity (Wildman–Crippen MR) is 79.8 cm³/mol. The zero-order valence-corrected chi connectivity index (χ0v) is 12.2. The van der Waals surface area contributed by atoms with Gasteiger partial charge in [-0.1, -0.05) is 0 Å². The summed E-state index contributed by atoms with van der Waals surface area (Å²) in [6.45, 7) is 0. The highest BCUT2D eigenvalue weighted by Gasteiger charge is 2.07. The Labute approximate surface area is 123 Å². The largest absolute Gasteiger partial charge is 0.457 e. The van der Waals surface area contributed by atoms with Gasteiger partial charge in [0.2, 0.25) is 0 Å². The van der Waals surface area contributed by atoms with Gasteiger partial charge in [-0.25, -0.2) is 8.42 Å². The van der Waals surface area contributed by atoms with Crippen LogP contribution in [0, 0.1) is 11.3 Å². The molecule has 0 aromatic heterocycles. The van der Waals surface area contributed by atoms with Crippen molar-refractivity contribution in [1.29, 1.82) is 5.26 Å². The second-order valence-electron chi connectivity index (χ2n) is 4.54. The van der Waals surface area contributed by atoms with E-state index < -0.39 is 9.84 Å². The zero-order valence-electron chi connectivity index (χ0n) is 11.4. The van der Waals surface area contributed by atoms with Crippen molar-refractivity contribution in [1.82, 2.24) is 0 Å². The normalized spacial score (nSPS) is 10.9. The average Bonchev–Trinajstić information content (AvgIpc) is 2.42. The molecule has 0 atom stereocenters. The van der Waals surface area contributed by atoms with E-state index in [0.29, 0.717) is 22.7 Å². The summed E-state index contributed by atoms with van der Waals surface area (Å²) in [6, 6.07) is 13.2. The highest BCUT2D eigenvalue weighted by molar-refractivity contribution is 7.90. The highest BCUT2D eigenvalue weighted by Crippen LogP contribution is 2.26. The van der Waals surface area contributed by atoms with Crippen LogP contribution in [0.2, 0.25) is 0 Å². The van der Waals surface area contributed by atoms with Crippen LogP contribution in [0.25, 0.3) is 0 Å². The molecule has 0 heterocycles.